The van der Waals surface area contributed by atoms with E-state index in [4.69, 9.17) is 9.47 Å². The van der Waals surface area contributed by atoms with Gasteiger partial charge in [0, 0.05) is 12.1 Å². The zero-order valence-electron chi connectivity index (χ0n) is 17.5. The van der Waals surface area contributed by atoms with Crippen molar-refractivity contribution in [2.24, 2.45) is 5.92 Å². The Hall–Kier alpha value is -3.02. The van der Waals surface area contributed by atoms with Crippen LogP contribution in [0, 0.1) is 5.92 Å². The van der Waals surface area contributed by atoms with Gasteiger partial charge in [-0.25, -0.2) is 4.79 Å². The lowest BCUT2D eigenvalue weighted by Crippen LogP contribution is -2.12. The molecular formula is C23H29NO5. The van der Waals surface area contributed by atoms with E-state index in [9.17, 15) is 9.59 Å². The topological polar surface area (TPSA) is 73.9 Å². The number of carbonyl (C=O) groups excluding carboxylic acids is 2. The Morgan fingerprint density at radius 3 is 2.34 bits per heavy atom. The molecule has 0 radical (unpaired) electrons. The van der Waals surface area contributed by atoms with Crippen LogP contribution in [0.4, 0.5) is 5.69 Å². The highest BCUT2D eigenvalue weighted by Gasteiger charge is 2.09. The minimum Gasteiger partial charge on any atom is -0.493 e. The second-order valence-corrected chi connectivity index (χ2v) is 7.13. The second-order valence-electron chi connectivity index (χ2n) is 7.13. The summed E-state index contributed by atoms with van der Waals surface area (Å²) in [6, 6.07) is 12.3. The summed E-state index contributed by atoms with van der Waals surface area (Å²) in [5.74, 6) is 1.45. The van der Waals surface area contributed by atoms with Crippen LogP contribution in [0.5, 0.6) is 11.5 Å². The first-order chi connectivity index (χ1) is 13.9. The molecule has 29 heavy (non-hydrogen) atoms. The predicted octanol–water partition coefficient (Wildman–Crippen LogP) is 4.48. The molecule has 0 saturated carbocycles. The van der Waals surface area contributed by atoms with Crippen molar-refractivity contribution in [2.75, 3.05) is 26.1 Å². The lowest BCUT2D eigenvalue weighted by molar-refractivity contribution is -0.116. The second kappa shape index (κ2) is 11.1. The molecule has 2 aromatic rings. The van der Waals surface area contributed by atoms with Crippen LogP contribution in [0.1, 0.15) is 42.6 Å². The number of anilines is 1. The number of benzene rings is 2. The van der Waals surface area contributed by atoms with Gasteiger partial charge in [-0.3, -0.25) is 4.79 Å². The molecule has 0 bridgehead atoms. The molecule has 0 aromatic heterocycles. The van der Waals surface area contributed by atoms with Gasteiger partial charge >= 0.3 is 5.97 Å². The van der Waals surface area contributed by atoms with Crippen molar-refractivity contribution in [1.82, 2.24) is 0 Å². The maximum absolute atomic E-state index is 12.2. The van der Waals surface area contributed by atoms with Crippen molar-refractivity contribution in [1.29, 1.82) is 0 Å². The van der Waals surface area contributed by atoms with Gasteiger partial charge in [0.15, 0.2) is 11.5 Å². The van der Waals surface area contributed by atoms with E-state index >= 15 is 0 Å². The number of rotatable bonds is 10. The van der Waals surface area contributed by atoms with Crippen LogP contribution in [0.3, 0.4) is 0 Å². The quantitative estimate of drug-likeness (QED) is 0.597. The summed E-state index contributed by atoms with van der Waals surface area (Å²) < 4.78 is 15.9. The van der Waals surface area contributed by atoms with Crippen molar-refractivity contribution in [3.05, 3.63) is 53.6 Å². The number of aryl methyl sites for hydroxylation is 1. The molecular weight excluding hydrogens is 370 g/mol. The lowest BCUT2D eigenvalue weighted by Gasteiger charge is -2.13. The van der Waals surface area contributed by atoms with Crippen LogP contribution in [0.25, 0.3) is 0 Å². The number of methoxy groups -OCH3 is 2. The molecule has 6 nitrogen and oxygen atoms in total. The van der Waals surface area contributed by atoms with Crippen molar-refractivity contribution >= 4 is 17.6 Å². The highest BCUT2D eigenvalue weighted by molar-refractivity contribution is 5.93. The largest absolute Gasteiger partial charge is 0.493 e. The van der Waals surface area contributed by atoms with E-state index in [1.54, 1.807) is 31.4 Å². The molecule has 1 N–H and O–H groups in total. The Morgan fingerprint density at radius 2 is 1.72 bits per heavy atom. The summed E-state index contributed by atoms with van der Waals surface area (Å²) >= 11 is 0. The smallest absolute Gasteiger partial charge is 0.337 e. The van der Waals surface area contributed by atoms with Gasteiger partial charge < -0.3 is 19.5 Å². The lowest BCUT2D eigenvalue weighted by atomic mass is 10.1. The average molecular weight is 399 g/mol. The van der Waals surface area contributed by atoms with Crippen LogP contribution in [0.2, 0.25) is 0 Å². The molecule has 0 fully saturated rings. The maximum atomic E-state index is 12.2. The minimum atomic E-state index is -0.409. The fourth-order valence-corrected chi connectivity index (χ4v) is 2.68. The number of esters is 1. The van der Waals surface area contributed by atoms with E-state index in [-0.39, 0.29) is 5.91 Å². The molecule has 1 amide bonds. The fourth-order valence-electron chi connectivity index (χ4n) is 2.68. The van der Waals surface area contributed by atoms with Crippen LogP contribution < -0.4 is 14.8 Å². The van der Waals surface area contributed by atoms with Gasteiger partial charge in [0.1, 0.15) is 0 Å². The monoisotopic (exact) mass is 399 g/mol. The summed E-state index contributed by atoms with van der Waals surface area (Å²) in [5.41, 5.74) is 2.07. The Balaban J connectivity index is 1.88. The molecule has 2 rings (SSSR count). The van der Waals surface area contributed by atoms with Crippen LogP contribution >= 0.6 is 0 Å². The first kappa shape index (κ1) is 22.3. The molecule has 6 heteroatoms. The van der Waals surface area contributed by atoms with E-state index in [0.29, 0.717) is 48.1 Å². The Bertz CT molecular complexity index is 815. The Kier molecular flexibility index (Phi) is 8.52. The third kappa shape index (κ3) is 7.14. The first-order valence-corrected chi connectivity index (χ1v) is 9.71. The molecule has 0 atom stereocenters. The number of ether oxygens (including phenoxy) is 3. The van der Waals surface area contributed by atoms with E-state index in [2.05, 4.69) is 23.9 Å². The molecule has 0 saturated heterocycles. The zero-order chi connectivity index (χ0) is 21.2. The highest BCUT2D eigenvalue weighted by Crippen LogP contribution is 2.29. The van der Waals surface area contributed by atoms with Gasteiger partial charge in [0.25, 0.3) is 0 Å². The third-order valence-corrected chi connectivity index (χ3v) is 4.41. The van der Waals surface area contributed by atoms with E-state index in [1.165, 1.54) is 7.11 Å². The van der Waals surface area contributed by atoms with Crippen LogP contribution in [0.15, 0.2) is 42.5 Å². The number of hydrogen-bond acceptors (Lipinski definition) is 5. The normalized spacial score (nSPS) is 10.5. The molecule has 0 heterocycles. The van der Waals surface area contributed by atoms with Gasteiger partial charge in [-0.15, -0.1) is 0 Å². The minimum absolute atomic E-state index is 0.105. The first-order valence-electron chi connectivity index (χ1n) is 9.71. The van der Waals surface area contributed by atoms with E-state index < -0.39 is 5.97 Å². The summed E-state index contributed by atoms with van der Waals surface area (Å²) in [5, 5.41) is 2.83. The molecule has 2 aromatic carbocycles. The molecule has 0 spiro atoms. The predicted molar refractivity (Wildman–Crippen MR) is 113 cm³/mol. The van der Waals surface area contributed by atoms with Crippen LogP contribution in [-0.4, -0.2) is 32.7 Å². The number of hydrogen-bond donors (Lipinski definition) is 1. The van der Waals surface area contributed by atoms with E-state index in [1.807, 2.05) is 18.2 Å². The van der Waals surface area contributed by atoms with Crippen LogP contribution in [-0.2, 0) is 16.0 Å². The SMILES string of the molecule is COC(=O)c1ccc(NC(=O)CCc2ccc(OCCC(C)C)c(OC)c2)cc1. The zero-order valence-corrected chi connectivity index (χ0v) is 17.5. The third-order valence-electron chi connectivity index (χ3n) is 4.41. The van der Waals surface area contributed by atoms with Crippen molar-refractivity contribution in [3.63, 3.8) is 0 Å². The molecule has 156 valence electrons. The van der Waals surface area contributed by atoms with Gasteiger partial charge in [0.05, 0.1) is 26.4 Å². The van der Waals surface area contributed by atoms with Crippen molar-refractivity contribution in [3.8, 4) is 11.5 Å². The summed E-state index contributed by atoms with van der Waals surface area (Å²) in [4.78, 5) is 23.7. The van der Waals surface area contributed by atoms with Gasteiger partial charge in [0.2, 0.25) is 5.91 Å². The standard InChI is InChI=1S/C23H29NO5/c1-16(2)13-14-29-20-11-5-17(15-21(20)27-3)6-12-22(25)24-19-9-7-18(8-10-19)23(26)28-4/h5,7-11,15-16H,6,12-14H2,1-4H3,(H,24,25). The Labute approximate surface area is 172 Å². The number of amides is 1. The van der Waals surface area contributed by atoms with E-state index in [0.717, 1.165) is 12.0 Å². The summed E-state index contributed by atoms with van der Waals surface area (Å²) in [6.45, 7) is 4.95. The van der Waals surface area contributed by atoms with Crippen molar-refractivity contribution < 1.29 is 23.8 Å². The number of nitrogens with one attached hydrogen (secondary N) is 1. The fraction of sp³-hybridized carbons (Fsp3) is 0.391. The van der Waals surface area contributed by atoms with Gasteiger partial charge in [-0.2, -0.15) is 0 Å². The Morgan fingerprint density at radius 1 is 1.00 bits per heavy atom. The highest BCUT2D eigenvalue weighted by atomic mass is 16.5. The number of carbonyl (C=O) groups is 2. The molecule has 0 aliphatic carbocycles. The molecule has 0 aliphatic rings. The van der Waals surface area contributed by atoms with Gasteiger partial charge in [-0.05, 0) is 60.7 Å². The summed E-state index contributed by atoms with van der Waals surface area (Å²) in [6.07, 6.45) is 1.88. The van der Waals surface area contributed by atoms with Crippen molar-refractivity contribution in [2.45, 2.75) is 33.1 Å². The maximum Gasteiger partial charge on any atom is 0.337 e. The van der Waals surface area contributed by atoms with Gasteiger partial charge in [-0.1, -0.05) is 19.9 Å². The molecule has 0 unspecified atom stereocenters. The average Bonchev–Trinajstić information content (AvgIpc) is 2.72. The molecule has 0 aliphatic heterocycles. The summed E-state index contributed by atoms with van der Waals surface area (Å²) in [7, 11) is 2.94.